The molecule has 0 spiro atoms. The van der Waals surface area contributed by atoms with Crippen molar-refractivity contribution >= 4 is 11.9 Å². The lowest BCUT2D eigenvalue weighted by Gasteiger charge is -2.36. The fourth-order valence-corrected chi connectivity index (χ4v) is 6.31. The molecule has 11 nitrogen and oxygen atoms in total. The number of hydrogen-bond donors (Lipinski definition) is 1. The third-order valence-electron chi connectivity index (χ3n) is 8.91. The highest BCUT2D eigenvalue weighted by Gasteiger charge is 2.32. The zero-order valence-corrected chi connectivity index (χ0v) is 29.8. The lowest BCUT2D eigenvalue weighted by molar-refractivity contribution is -0.139. The zero-order valence-electron chi connectivity index (χ0n) is 29.8. The molecule has 3 unspecified atom stereocenters. The van der Waals surface area contributed by atoms with E-state index in [0.717, 1.165) is 36.0 Å². The molecule has 1 saturated heterocycles. The maximum absolute atomic E-state index is 14.2. The number of piperidine rings is 1. The third-order valence-corrected chi connectivity index (χ3v) is 8.91. The van der Waals surface area contributed by atoms with Crippen LogP contribution in [-0.2, 0) is 20.7 Å². The van der Waals surface area contributed by atoms with Gasteiger partial charge in [-0.3, -0.25) is 4.79 Å². The van der Waals surface area contributed by atoms with Gasteiger partial charge in [0, 0.05) is 6.54 Å². The number of nitrogens with zero attached hydrogens (tertiary/aromatic N) is 1. The first-order valence-corrected chi connectivity index (χ1v) is 16.8. The van der Waals surface area contributed by atoms with Crippen molar-refractivity contribution in [3.8, 4) is 34.5 Å². The summed E-state index contributed by atoms with van der Waals surface area (Å²) in [6, 6.07) is 16.6. The van der Waals surface area contributed by atoms with Gasteiger partial charge < -0.3 is 43.2 Å². The van der Waals surface area contributed by atoms with Crippen LogP contribution in [-0.4, -0.2) is 76.6 Å². The van der Waals surface area contributed by atoms with Crippen LogP contribution in [0, 0.1) is 0 Å². The number of amides is 1. The van der Waals surface area contributed by atoms with Crippen molar-refractivity contribution in [2.75, 3.05) is 48.7 Å². The summed E-state index contributed by atoms with van der Waals surface area (Å²) >= 11 is 0. The highest BCUT2D eigenvalue weighted by atomic mass is 16.5. The average molecular weight is 692 g/mol. The SMILES string of the molecule is CCC(C(=O)N1CCCCC1C=COC(CCc1ccc(OC)c(OC)c1)c1cccc(OCC(=O)O)c1)c1cc(OC)c(OC)c(OC)c1. The van der Waals surface area contributed by atoms with Crippen molar-refractivity contribution in [2.24, 2.45) is 0 Å². The number of aliphatic carboxylic acids is 1. The van der Waals surface area contributed by atoms with Crippen molar-refractivity contribution in [1.29, 1.82) is 0 Å². The second-order valence-corrected chi connectivity index (χ2v) is 12.0. The summed E-state index contributed by atoms with van der Waals surface area (Å²) in [4.78, 5) is 27.2. The van der Waals surface area contributed by atoms with E-state index in [1.54, 1.807) is 53.9 Å². The van der Waals surface area contributed by atoms with E-state index in [2.05, 4.69) is 0 Å². The van der Waals surface area contributed by atoms with Gasteiger partial charge in [-0.05, 0) is 97.7 Å². The van der Waals surface area contributed by atoms with Gasteiger partial charge in [0.1, 0.15) is 11.9 Å². The number of carboxylic acid groups (broad SMARTS) is 1. The largest absolute Gasteiger partial charge is 0.494 e. The molecule has 3 aromatic rings. The van der Waals surface area contributed by atoms with Crippen LogP contribution in [0.15, 0.2) is 66.9 Å². The van der Waals surface area contributed by atoms with Gasteiger partial charge in [-0.2, -0.15) is 0 Å². The van der Waals surface area contributed by atoms with Crippen molar-refractivity contribution in [1.82, 2.24) is 4.90 Å². The van der Waals surface area contributed by atoms with E-state index in [4.69, 9.17) is 38.3 Å². The van der Waals surface area contributed by atoms with E-state index in [9.17, 15) is 9.59 Å². The molecule has 11 heteroatoms. The summed E-state index contributed by atoms with van der Waals surface area (Å²) in [5.41, 5.74) is 2.68. The van der Waals surface area contributed by atoms with Crippen LogP contribution < -0.4 is 28.4 Å². The number of carbonyl (C=O) groups excluding carboxylic acids is 1. The van der Waals surface area contributed by atoms with Gasteiger partial charge >= 0.3 is 5.97 Å². The minimum atomic E-state index is -1.05. The van der Waals surface area contributed by atoms with Crippen LogP contribution in [0.5, 0.6) is 34.5 Å². The average Bonchev–Trinajstić information content (AvgIpc) is 3.15. The van der Waals surface area contributed by atoms with Gasteiger partial charge in [0.2, 0.25) is 11.7 Å². The second-order valence-electron chi connectivity index (χ2n) is 12.0. The van der Waals surface area contributed by atoms with Gasteiger partial charge in [0.25, 0.3) is 0 Å². The molecule has 1 aliphatic rings. The van der Waals surface area contributed by atoms with Crippen molar-refractivity contribution in [2.45, 2.75) is 63.5 Å². The van der Waals surface area contributed by atoms with Crippen LogP contribution >= 0.6 is 0 Å². The Labute approximate surface area is 294 Å². The molecule has 270 valence electrons. The molecular formula is C39H49NO10. The number of rotatable bonds is 18. The van der Waals surface area contributed by atoms with Gasteiger partial charge in [-0.15, -0.1) is 0 Å². The zero-order chi connectivity index (χ0) is 36.0. The Morgan fingerprint density at radius 2 is 1.58 bits per heavy atom. The molecule has 3 aromatic carbocycles. The topological polar surface area (TPSA) is 122 Å². The normalized spacial score (nSPS) is 15.6. The molecule has 0 bridgehead atoms. The third kappa shape index (κ3) is 9.55. The molecule has 50 heavy (non-hydrogen) atoms. The number of hydrogen-bond acceptors (Lipinski definition) is 9. The van der Waals surface area contributed by atoms with Crippen LogP contribution in [0.25, 0.3) is 0 Å². The molecule has 0 saturated carbocycles. The molecule has 0 aromatic heterocycles. The molecule has 0 radical (unpaired) electrons. The number of carboxylic acids is 1. The first-order valence-electron chi connectivity index (χ1n) is 16.8. The van der Waals surface area contributed by atoms with Gasteiger partial charge in [-0.1, -0.05) is 25.1 Å². The lowest BCUT2D eigenvalue weighted by Crippen LogP contribution is -2.45. The van der Waals surface area contributed by atoms with E-state index in [1.165, 1.54) is 0 Å². The van der Waals surface area contributed by atoms with Crippen LogP contribution in [0.3, 0.4) is 0 Å². The maximum atomic E-state index is 14.2. The van der Waals surface area contributed by atoms with Gasteiger partial charge in [0.05, 0.1) is 53.8 Å². The van der Waals surface area contributed by atoms with E-state index in [-0.39, 0.29) is 18.1 Å². The molecule has 3 atom stereocenters. The molecule has 1 heterocycles. The summed E-state index contributed by atoms with van der Waals surface area (Å²) < 4.78 is 39.4. The predicted octanol–water partition coefficient (Wildman–Crippen LogP) is 6.97. The Bertz CT molecular complexity index is 1580. The fourth-order valence-electron chi connectivity index (χ4n) is 6.31. The van der Waals surface area contributed by atoms with Crippen LogP contribution in [0.4, 0.5) is 0 Å². The number of carbonyl (C=O) groups is 2. The molecule has 1 amide bonds. The first kappa shape index (κ1) is 37.8. The van der Waals surface area contributed by atoms with Gasteiger partial charge in [0.15, 0.2) is 29.6 Å². The summed E-state index contributed by atoms with van der Waals surface area (Å²) in [7, 11) is 7.89. The molecule has 1 aliphatic heterocycles. The number of benzene rings is 3. The summed E-state index contributed by atoms with van der Waals surface area (Å²) in [6.45, 7) is 2.20. The Hall–Kier alpha value is -5.06. The summed E-state index contributed by atoms with van der Waals surface area (Å²) in [6.07, 6.45) is 7.86. The Morgan fingerprint density at radius 3 is 2.22 bits per heavy atom. The Balaban J connectivity index is 1.56. The standard InChI is InChI=1S/C39H49NO10/c1-7-31(28-23-35(46-4)38(48-6)36(24-28)47-5)39(43)40-19-9-8-12-29(40)18-20-49-32(27-11-10-13-30(22-27)50-25-37(41)42)16-14-26-15-17-33(44-2)34(21-26)45-3/h10-11,13,15,17-18,20-24,29,31-32H,7-9,12,14,16,19,25H2,1-6H3,(H,41,42). The molecule has 4 rings (SSSR count). The van der Waals surface area contributed by atoms with E-state index < -0.39 is 18.5 Å². The Kier molecular flexibility index (Phi) is 14.1. The predicted molar refractivity (Wildman–Crippen MR) is 189 cm³/mol. The summed E-state index contributed by atoms with van der Waals surface area (Å²) in [5, 5.41) is 9.11. The van der Waals surface area contributed by atoms with Crippen LogP contribution in [0.2, 0.25) is 0 Å². The maximum Gasteiger partial charge on any atom is 0.341 e. The highest BCUT2D eigenvalue weighted by molar-refractivity contribution is 5.85. The highest BCUT2D eigenvalue weighted by Crippen LogP contribution is 2.41. The Morgan fingerprint density at radius 1 is 0.860 bits per heavy atom. The molecule has 0 aliphatic carbocycles. The number of methoxy groups -OCH3 is 5. The van der Waals surface area contributed by atoms with E-state index >= 15 is 0 Å². The van der Waals surface area contributed by atoms with Crippen LogP contribution in [0.1, 0.15) is 67.7 Å². The lowest BCUT2D eigenvalue weighted by atomic mass is 9.91. The minimum absolute atomic E-state index is 0.0319. The molecule has 1 N–H and O–H groups in total. The number of aryl methyl sites for hydroxylation is 1. The summed E-state index contributed by atoms with van der Waals surface area (Å²) in [5.74, 6) is 1.81. The van der Waals surface area contributed by atoms with Crippen molar-refractivity contribution in [3.63, 3.8) is 0 Å². The van der Waals surface area contributed by atoms with E-state index in [1.807, 2.05) is 60.4 Å². The monoisotopic (exact) mass is 691 g/mol. The quantitative estimate of drug-likeness (QED) is 0.140. The molecule has 1 fully saturated rings. The minimum Gasteiger partial charge on any atom is -0.494 e. The van der Waals surface area contributed by atoms with E-state index in [0.29, 0.717) is 60.3 Å². The number of ether oxygens (including phenoxy) is 7. The van der Waals surface area contributed by atoms with Gasteiger partial charge in [-0.25, -0.2) is 4.79 Å². The number of likely N-dealkylation sites (tertiary alicyclic amines) is 1. The second kappa shape index (κ2) is 18.6. The molecular weight excluding hydrogens is 642 g/mol. The first-order chi connectivity index (χ1) is 24.3. The smallest absolute Gasteiger partial charge is 0.341 e. The van der Waals surface area contributed by atoms with Crippen molar-refractivity contribution in [3.05, 3.63) is 83.6 Å². The van der Waals surface area contributed by atoms with Crippen molar-refractivity contribution < 1.29 is 47.9 Å². The fraction of sp³-hybridized carbons (Fsp3) is 0.436.